The van der Waals surface area contributed by atoms with Gasteiger partial charge in [0.1, 0.15) is 6.61 Å². The molecule has 2 aliphatic rings. The number of carbonyl (C=O) groups is 2. The smallest absolute Gasteiger partial charge is 0.303 e. The first-order valence-corrected chi connectivity index (χ1v) is 14.5. The standard InChI is InChI=1S/C32H41N3O4/c36-30(37)19-6-2-5-16-26(25-15-11-20-33-22-25)27-17-7-8-18-28(27)32-35-29(23-39-32)31(38)34-21-10-9-14-24-12-3-1-4-13-24/h7-8,11,15-18,20,22,24,29H,1-6,9-10,12-14,19,21,23H2,(H,34,38)(H,36,37)/b26-16+/t29-/m1/s1. The van der Waals surface area contributed by atoms with E-state index in [0.29, 0.717) is 18.9 Å². The minimum Gasteiger partial charge on any atom is -0.481 e. The Morgan fingerprint density at radius 3 is 2.67 bits per heavy atom. The molecular weight excluding hydrogens is 490 g/mol. The number of aromatic nitrogens is 1. The highest BCUT2D eigenvalue weighted by atomic mass is 16.5. The summed E-state index contributed by atoms with van der Waals surface area (Å²) in [7, 11) is 0. The molecular formula is C32H41N3O4. The number of nitrogens with one attached hydrogen (secondary N) is 1. The van der Waals surface area contributed by atoms with Crippen LogP contribution in [0, 0.1) is 5.92 Å². The zero-order valence-corrected chi connectivity index (χ0v) is 22.8. The normalized spacial score (nSPS) is 17.9. The van der Waals surface area contributed by atoms with Crippen molar-refractivity contribution in [3.8, 4) is 0 Å². The van der Waals surface area contributed by atoms with Crippen molar-refractivity contribution in [3.05, 3.63) is 71.6 Å². The van der Waals surface area contributed by atoms with Gasteiger partial charge in [-0.15, -0.1) is 0 Å². The number of amides is 1. The molecule has 1 aromatic heterocycles. The average molecular weight is 532 g/mol. The van der Waals surface area contributed by atoms with Crippen LogP contribution in [0.5, 0.6) is 0 Å². The Morgan fingerprint density at radius 2 is 1.87 bits per heavy atom. The van der Waals surface area contributed by atoms with Gasteiger partial charge in [-0.3, -0.25) is 14.6 Å². The number of benzene rings is 1. The third kappa shape index (κ3) is 8.77. The molecule has 1 atom stereocenters. The molecule has 1 fully saturated rings. The highest BCUT2D eigenvalue weighted by molar-refractivity contribution is 6.03. The van der Waals surface area contributed by atoms with Gasteiger partial charge in [-0.2, -0.15) is 0 Å². The second-order valence-corrected chi connectivity index (χ2v) is 10.6. The second-order valence-electron chi connectivity index (χ2n) is 10.6. The lowest BCUT2D eigenvalue weighted by Gasteiger charge is -2.21. The molecule has 2 N–H and O–H groups in total. The first-order valence-electron chi connectivity index (χ1n) is 14.5. The highest BCUT2D eigenvalue weighted by Gasteiger charge is 2.28. The van der Waals surface area contributed by atoms with Crippen LogP contribution < -0.4 is 5.32 Å². The number of aliphatic carboxylic acids is 1. The minimum atomic E-state index is -0.772. The van der Waals surface area contributed by atoms with Crippen molar-refractivity contribution in [2.24, 2.45) is 10.9 Å². The van der Waals surface area contributed by atoms with Gasteiger partial charge in [-0.05, 0) is 54.9 Å². The molecule has 2 aromatic rings. The Bertz CT molecular complexity index is 1140. The predicted octanol–water partition coefficient (Wildman–Crippen LogP) is 6.17. The average Bonchev–Trinajstić information content (AvgIpc) is 3.46. The third-order valence-corrected chi connectivity index (χ3v) is 7.63. The number of pyridine rings is 1. The number of aliphatic imine (C=N–C) groups is 1. The number of allylic oxidation sites excluding steroid dienone is 1. The number of rotatable bonds is 14. The number of carboxylic acids is 1. The molecule has 1 aliphatic carbocycles. The van der Waals surface area contributed by atoms with E-state index in [9.17, 15) is 9.59 Å². The zero-order chi connectivity index (χ0) is 27.3. The summed E-state index contributed by atoms with van der Waals surface area (Å²) < 4.78 is 5.96. The van der Waals surface area contributed by atoms with E-state index < -0.39 is 12.0 Å². The van der Waals surface area contributed by atoms with Crippen LogP contribution in [-0.2, 0) is 14.3 Å². The van der Waals surface area contributed by atoms with E-state index in [1.807, 2.05) is 42.6 Å². The molecule has 4 rings (SSSR count). The van der Waals surface area contributed by atoms with E-state index in [0.717, 1.165) is 53.9 Å². The van der Waals surface area contributed by atoms with Crippen LogP contribution in [0.25, 0.3) is 5.57 Å². The first kappa shape index (κ1) is 28.5. The molecule has 0 radical (unpaired) electrons. The van der Waals surface area contributed by atoms with Crippen LogP contribution in [0.4, 0.5) is 0 Å². The summed E-state index contributed by atoms with van der Waals surface area (Å²) in [5, 5.41) is 12.0. The van der Waals surface area contributed by atoms with Gasteiger partial charge in [0.15, 0.2) is 6.04 Å². The zero-order valence-electron chi connectivity index (χ0n) is 22.8. The molecule has 1 saturated carbocycles. The van der Waals surface area contributed by atoms with E-state index in [1.54, 1.807) is 6.20 Å². The Hall–Kier alpha value is -3.48. The summed E-state index contributed by atoms with van der Waals surface area (Å²) in [5.41, 5.74) is 3.74. The molecule has 0 spiro atoms. The van der Waals surface area contributed by atoms with Gasteiger partial charge in [-0.25, -0.2) is 4.99 Å². The molecule has 1 aliphatic heterocycles. The second kappa shape index (κ2) is 15.2. The Labute approximate surface area is 231 Å². The fourth-order valence-corrected chi connectivity index (χ4v) is 5.50. The van der Waals surface area contributed by atoms with E-state index in [4.69, 9.17) is 9.84 Å². The van der Waals surface area contributed by atoms with Gasteiger partial charge < -0.3 is 15.2 Å². The van der Waals surface area contributed by atoms with Crippen LogP contribution in [0.1, 0.15) is 93.7 Å². The van der Waals surface area contributed by atoms with Crippen LogP contribution in [0.3, 0.4) is 0 Å². The molecule has 7 nitrogen and oxygen atoms in total. The van der Waals surface area contributed by atoms with Crippen molar-refractivity contribution in [1.29, 1.82) is 0 Å². The maximum Gasteiger partial charge on any atom is 0.303 e. The molecule has 7 heteroatoms. The Kier molecular flexibility index (Phi) is 11.1. The third-order valence-electron chi connectivity index (χ3n) is 7.63. The number of ether oxygens (including phenoxy) is 1. The van der Waals surface area contributed by atoms with E-state index >= 15 is 0 Å². The van der Waals surface area contributed by atoms with Crippen molar-refractivity contribution < 1.29 is 19.4 Å². The summed E-state index contributed by atoms with van der Waals surface area (Å²) in [6.45, 7) is 0.915. The summed E-state index contributed by atoms with van der Waals surface area (Å²) in [5.74, 6) is 0.497. The van der Waals surface area contributed by atoms with E-state index in [1.165, 1.54) is 38.5 Å². The van der Waals surface area contributed by atoms with Crippen molar-refractivity contribution in [1.82, 2.24) is 10.3 Å². The maximum absolute atomic E-state index is 12.8. The summed E-state index contributed by atoms with van der Waals surface area (Å²) in [6, 6.07) is 11.3. The van der Waals surface area contributed by atoms with Gasteiger partial charge in [-0.1, -0.05) is 75.3 Å². The number of carbonyl (C=O) groups excluding carboxylic acids is 1. The van der Waals surface area contributed by atoms with Gasteiger partial charge in [0, 0.05) is 36.5 Å². The number of unbranched alkanes of at least 4 members (excludes halogenated alkanes) is 3. The molecule has 2 heterocycles. The monoisotopic (exact) mass is 531 g/mol. The summed E-state index contributed by atoms with van der Waals surface area (Å²) in [6.07, 6.45) is 18.3. The lowest BCUT2D eigenvalue weighted by molar-refractivity contribution is -0.137. The van der Waals surface area contributed by atoms with Gasteiger partial charge in [0.25, 0.3) is 0 Å². The first-order chi connectivity index (χ1) is 19.1. The quantitative estimate of drug-likeness (QED) is 0.284. The lowest BCUT2D eigenvalue weighted by atomic mass is 9.86. The molecule has 1 amide bonds. The molecule has 0 bridgehead atoms. The van der Waals surface area contributed by atoms with Gasteiger partial charge >= 0.3 is 5.97 Å². The molecule has 39 heavy (non-hydrogen) atoms. The van der Waals surface area contributed by atoms with E-state index in [-0.39, 0.29) is 18.9 Å². The fourth-order valence-electron chi connectivity index (χ4n) is 5.50. The molecule has 1 aromatic carbocycles. The van der Waals surface area contributed by atoms with Crippen LogP contribution in [0.15, 0.2) is 59.9 Å². The Balaban J connectivity index is 1.39. The Morgan fingerprint density at radius 1 is 1.03 bits per heavy atom. The SMILES string of the molecule is O=C(O)CCCC/C=C(\c1cccnc1)c1ccccc1C1=N[C@@H](C(=O)NCCCCC2CCCCC2)CO1. The lowest BCUT2D eigenvalue weighted by Crippen LogP contribution is -2.34. The topological polar surface area (TPSA) is 101 Å². The summed E-state index contributed by atoms with van der Waals surface area (Å²) in [4.78, 5) is 32.7. The molecule has 208 valence electrons. The van der Waals surface area contributed by atoms with Crippen LogP contribution in [-0.4, -0.2) is 47.1 Å². The maximum atomic E-state index is 12.8. The summed E-state index contributed by atoms with van der Waals surface area (Å²) >= 11 is 0. The van der Waals surface area contributed by atoms with Crippen molar-refractivity contribution in [2.75, 3.05) is 13.2 Å². The van der Waals surface area contributed by atoms with Crippen molar-refractivity contribution in [3.63, 3.8) is 0 Å². The fraction of sp³-hybridized carbons (Fsp3) is 0.500. The number of hydrogen-bond acceptors (Lipinski definition) is 5. The molecule has 0 unspecified atom stereocenters. The molecule has 0 saturated heterocycles. The van der Waals surface area contributed by atoms with Gasteiger partial charge in [0.05, 0.1) is 0 Å². The van der Waals surface area contributed by atoms with Crippen LogP contribution >= 0.6 is 0 Å². The predicted molar refractivity (Wildman–Crippen MR) is 154 cm³/mol. The minimum absolute atomic E-state index is 0.0818. The van der Waals surface area contributed by atoms with E-state index in [2.05, 4.69) is 21.4 Å². The number of carboxylic acid groups (broad SMARTS) is 1. The van der Waals surface area contributed by atoms with Crippen molar-refractivity contribution >= 4 is 23.3 Å². The van der Waals surface area contributed by atoms with Gasteiger partial charge in [0.2, 0.25) is 11.8 Å². The van der Waals surface area contributed by atoms with Crippen molar-refractivity contribution in [2.45, 2.75) is 83.1 Å². The largest absolute Gasteiger partial charge is 0.481 e. The van der Waals surface area contributed by atoms with Crippen LogP contribution in [0.2, 0.25) is 0 Å². The highest BCUT2D eigenvalue weighted by Crippen LogP contribution is 2.29. The number of hydrogen-bond donors (Lipinski definition) is 2. The number of nitrogens with zero attached hydrogens (tertiary/aromatic N) is 2.